The van der Waals surface area contributed by atoms with Gasteiger partial charge in [-0.3, -0.25) is 4.79 Å². The summed E-state index contributed by atoms with van der Waals surface area (Å²) in [6, 6.07) is 8.39. The van der Waals surface area contributed by atoms with Gasteiger partial charge < -0.3 is 23.9 Å². The zero-order valence-corrected chi connectivity index (χ0v) is 11.3. The first-order valence-corrected chi connectivity index (χ1v) is 6.59. The fraction of sp³-hybridized carbons (Fsp3) is 0.267. The molecule has 0 radical (unpaired) electrons. The van der Waals surface area contributed by atoms with Crippen LogP contribution in [0.1, 0.15) is 5.56 Å². The van der Waals surface area contributed by atoms with E-state index in [1.807, 2.05) is 0 Å². The second-order valence-electron chi connectivity index (χ2n) is 4.55. The molecule has 0 unspecified atom stereocenters. The molecule has 0 atom stereocenters. The lowest BCUT2D eigenvalue weighted by atomic mass is 10.2. The van der Waals surface area contributed by atoms with Crippen molar-refractivity contribution in [3.8, 4) is 17.2 Å². The van der Waals surface area contributed by atoms with Crippen molar-refractivity contribution in [1.29, 1.82) is 0 Å². The highest BCUT2D eigenvalue weighted by atomic mass is 16.7. The zero-order valence-electron chi connectivity index (χ0n) is 11.3. The lowest BCUT2D eigenvalue weighted by molar-refractivity contribution is 0.173. The number of pyridine rings is 1. The third-order valence-electron chi connectivity index (χ3n) is 3.21. The minimum Gasteiger partial charge on any atom is -0.491 e. The predicted molar refractivity (Wildman–Crippen MR) is 74.7 cm³/mol. The summed E-state index contributed by atoms with van der Waals surface area (Å²) in [5.41, 5.74) is 0.550. The van der Waals surface area contributed by atoms with Crippen molar-refractivity contribution < 1.29 is 19.3 Å². The molecule has 2 heterocycles. The van der Waals surface area contributed by atoms with Gasteiger partial charge in [0.05, 0.1) is 13.2 Å². The largest absolute Gasteiger partial charge is 0.491 e. The summed E-state index contributed by atoms with van der Waals surface area (Å²) in [6.07, 6.45) is 1.71. The predicted octanol–water partition coefficient (Wildman–Crippen LogP) is 1.15. The molecule has 0 bridgehead atoms. The number of hydrogen-bond acceptors (Lipinski definition) is 5. The molecule has 3 rings (SSSR count). The van der Waals surface area contributed by atoms with Crippen LogP contribution in [-0.4, -0.2) is 23.1 Å². The van der Waals surface area contributed by atoms with E-state index in [0.29, 0.717) is 36.0 Å². The summed E-state index contributed by atoms with van der Waals surface area (Å²) in [5, 5.41) is 9.38. The van der Waals surface area contributed by atoms with Crippen molar-refractivity contribution >= 4 is 0 Å². The van der Waals surface area contributed by atoms with Gasteiger partial charge in [-0.1, -0.05) is 6.07 Å². The Hall–Kier alpha value is -2.47. The van der Waals surface area contributed by atoms with Crippen molar-refractivity contribution in [2.75, 3.05) is 13.4 Å². The number of fused-ring (bicyclic) bond motifs is 1. The smallest absolute Gasteiger partial charge is 0.250 e. The van der Waals surface area contributed by atoms with Crippen molar-refractivity contribution in [2.45, 2.75) is 13.2 Å². The van der Waals surface area contributed by atoms with Crippen LogP contribution in [-0.2, 0) is 13.2 Å². The highest BCUT2D eigenvalue weighted by molar-refractivity contribution is 5.51. The van der Waals surface area contributed by atoms with Crippen LogP contribution >= 0.6 is 0 Å². The Balaban J connectivity index is 1.70. The van der Waals surface area contributed by atoms with Crippen LogP contribution < -0.4 is 19.8 Å². The van der Waals surface area contributed by atoms with Crippen LogP contribution in [0, 0.1) is 0 Å². The fourth-order valence-corrected chi connectivity index (χ4v) is 2.12. The van der Waals surface area contributed by atoms with Crippen LogP contribution in [0.2, 0.25) is 0 Å². The maximum Gasteiger partial charge on any atom is 0.250 e. The number of benzene rings is 1. The van der Waals surface area contributed by atoms with E-state index in [9.17, 15) is 9.90 Å². The van der Waals surface area contributed by atoms with Gasteiger partial charge in [0.25, 0.3) is 5.56 Å². The van der Waals surface area contributed by atoms with E-state index in [1.54, 1.807) is 35.0 Å². The van der Waals surface area contributed by atoms with Crippen molar-refractivity contribution in [3.05, 3.63) is 52.4 Å². The van der Waals surface area contributed by atoms with Crippen molar-refractivity contribution in [3.63, 3.8) is 0 Å². The number of aromatic nitrogens is 1. The summed E-state index contributed by atoms with van der Waals surface area (Å²) < 4.78 is 17.8. The molecular formula is C15H15NO5. The Morgan fingerprint density at radius 1 is 1.24 bits per heavy atom. The lowest BCUT2D eigenvalue weighted by Crippen LogP contribution is -2.21. The lowest BCUT2D eigenvalue weighted by Gasteiger charge is -2.12. The molecule has 1 aromatic heterocycles. The van der Waals surface area contributed by atoms with Gasteiger partial charge in [0, 0.05) is 23.9 Å². The summed E-state index contributed by atoms with van der Waals surface area (Å²) in [4.78, 5) is 11.6. The first-order valence-electron chi connectivity index (χ1n) is 6.59. The van der Waals surface area contributed by atoms with E-state index in [2.05, 4.69) is 0 Å². The molecule has 0 spiro atoms. The van der Waals surface area contributed by atoms with Gasteiger partial charge in [-0.2, -0.15) is 0 Å². The second-order valence-corrected chi connectivity index (χ2v) is 4.55. The molecule has 110 valence electrons. The van der Waals surface area contributed by atoms with Crippen LogP contribution in [0.25, 0.3) is 0 Å². The SMILES string of the molecule is O=c1ccccn1CCOc1cc2c(cc1CO)OCO2. The number of ether oxygens (including phenoxy) is 3. The standard InChI is InChI=1S/C15H15NO5/c17-9-11-7-13-14(21-10-20-13)8-12(11)19-6-5-16-4-2-1-3-15(16)18/h1-4,7-8,17H,5-6,9-10H2. The number of aliphatic hydroxyl groups is 1. The summed E-state index contributed by atoms with van der Waals surface area (Å²) >= 11 is 0. The molecule has 2 aromatic rings. The highest BCUT2D eigenvalue weighted by Gasteiger charge is 2.17. The minimum atomic E-state index is -0.155. The Bertz CT molecular complexity index is 695. The molecule has 0 saturated carbocycles. The number of rotatable bonds is 5. The van der Waals surface area contributed by atoms with E-state index in [-0.39, 0.29) is 19.0 Å². The van der Waals surface area contributed by atoms with Gasteiger partial charge in [0.2, 0.25) is 6.79 Å². The van der Waals surface area contributed by atoms with E-state index >= 15 is 0 Å². The van der Waals surface area contributed by atoms with Gasteiger partial charge in [0.1, 0.15) is 12.4 Å². The molecule has 6 nitrogen and oxygen atoms in total. The van der Waals surface area contributed by atoms with Gasteiger partial charge in [-0.25, -0.2) is 0 Å². The number of nitrogens with zero attached hydrogens (tertiary/aromatic N) is 1. The van der Waals surface area contributed by atoms with E-state index in [0.717, 1.165) is 0 Å². The van der Waals surface area contributed by atoms with Crippen LogP contribution in [0.5, 0.6) is 17.2 Å². The van der Waals surface area contributed by atoms with Gasteiger partial charge in [0.15, 0.2) is 11.5 Å². The average molecular weight is 289 g/mol. The Labute approximate surface area is 121 Å². The van der Waals surface area contributed by atoms with E-state index in [4.69, 9.17) is 14.2 Å². The van der Waals surface area contributed by atoms with Crippen LogP contribution in [0.4, 0.5) is 0 Å². The first kappa shape index (κ1) is 13.5. The van der Waals surface area contributed by atoms with Crippen LogP contribution in [0.3, 0.4) is 0 Å². The van der Waals surface area contributed by atoms with Crippen LogP contribution in [0.15, 0.2) is 41.3 Å². The molecular weight excluding hydrogens is 274 g/mol. The minimum absolute atomic E-state index is 0.0748. The Morgan fingerprint density at radius 3 is 2.81 bits per heavy atom. The van der Waals surface area contributed by atoms with Gasteiger partial charge in [-0.05, 0) is 12.1 Å². The molecule has 0 amide bonds. The molecule has 1 aromatic carbocycles. The fourth-order valence-electron chi connectivity index (χ4n) is 2.12. The zero-order chi connectivity index (χ0) is 14.7. The first-order chi connectivity index (χ1) is 10.3. The van der Waals surface area contributed by atoms with Gasteiger partial charge >= 0.3 is 0 Å². The summed E-state index contributed by atoms with van der Waals surface area (Å²) in [6.45, 7) is 0.760. The molecule has 1 aliphatic rings. The molecule has 0 saturated heterocycles. The Morgan fingerprint density at radius 2 is 2.05 bits per heavy atom. The highest BCUT2D eigenvalue weighted by Crippen LogP contribution is 2.38. The molecule has 1 aliphatic heterocycles. The van der Waals surface area contributed by atoms with Crippen molar-refractivity contribution in [1.82, 2.24) is 4.57 Å². The second kappa shape index (κ2) is 5.88. The molecule has 21 heavy (non-hydrogen) atoms. The molecule has 6 heteroatoms. The summed E-state index contributed by atoms with van der Waals surface area (Å²) in [5.74, 6) is 1.73. The van der Waals surface area contributed by atoms with Gasteiger partial charge in [-0.15, -0.1) is 0 Å². The van der Waals surface area contributed by atoms with Crippen molar-refractivity contribution in [2.24, 2.45) is 0 Å². The third-order valence-corrected chi connectivity index (χ3v) is 3.21. The van der Waals surface area contributed by atoms with E-state index < -0.39 is 0 Å². The molecule has 0 fully saturated rings. The molecule has 0 aliphatic carbocycles. The number of hydrogen-bond donors (Lipinski definition) is 1. The quantitative estimate of drug-likeness (QED) is 0.894. The number of aliphatic hydroxyl groups excluding tert-OH is 1. The maximum atomic E-state index is 11.6. The molecule has 1 N–H and O–H groups in total. The monoisotopic (exact) mass is 289 g/mol. The Kier molecular flexibility index (Phi) is 3.79. The maximum absolute atomic E-state index is 11.6. The third kappa shape index (κ3) is 2.85. The summed E-state index contributed by atoms with van der Waals surface area (Å²) in [7, 11) is 0. The van der Waals surface area contributed by atoms with E-state index in [1.165, 1.54) is 6.07 Å². The normalized spacial score (nSPS) is 12.4. The average Bonchev–Trinajstić information content (AvgIpc) is 2.95. The topological polar surface area (TPSA) is 69.9 Å².